The molecule has 11 heteroatoms. The molecule has 9 nitrogen and oxygen atoms in total. The predicted molar refractivity (Wildman–Crippen MR) is 130 cm³/mol. The van der Waals surface area contributed by atoms with Crippen LogP contribution < -0.4 is 14.7 Å². The van der Waals surface area contributed by atoms with Crippen LogP contribution >= 0.6 is 15.9 Å². The smallest absolute Gasteiger partial charge is 0.330 e. The molecule has 1 atom stereocenters. The molecule has 35 heavy (non-hydrogen) atoms. The average molecular weight is 542 g/mol. The number of allylic oxidation sites excluding steroid dienone is 3. The molecular formula is C24H21BrFN5O4. The van der Waals surface area contributed by atoms with Crippen LogP contribution in [-0.2, 0) is 16.0 Å². The molecule has 5 rings (SSSR count). The van der Waals surface area contributed by atoms with Crippen molar-refractivity contribution in [2.45, 2.75) is 13.0 Å². The Morgan fingerprint density at radius 3 is 2.94 bits per heavy atom. The zero-order valence-electron chi connectivity index (χ0n) is 18.6. The Balaban J connectivity index is 1.54. The highest BCUT2D eigenvalue weighted by atomic mass is 79.9. The van der Waals surface area contributed by atoms with Crippen molar-refractivity contribution in [2.24, 2.45) is 5.92 Å². The maximum atomic E-state index is 14.6. The van der Waals surface area contributed by atoms with Gasteiger partial charge in [-0.2, -0.15) is 4.98 Å². The number of urea groups is 1. The molecule has 3 heterocycles. The van der Waals surface area contributed by atoms with Gasteiger partial charge in [-0.15, -0.1) is 0 Å². The summed E-state index contributed by atoms with van der Waals surface area (Å²) in [6, 6.07) is 4.12. The van der Waals surface area contributed by atoms with Gasteiger partial charge >= 0.3 is 6.03 Å². The number of nitrogens with zero attached hydrogens (tertiary/aromatic N) is 5. The normalized spacial score (nSPS) is 19.0. The van der Waals surface area contributed by atoms with Crippen LogP contribution in [0.25, 0.3) is 0 Å². The number of carbonyl (C=O) groups excluding carboxylic acids is 1. The molecule has 1 aliphatic carbocycles. The molecule has 0 saturated heterocycles. The van der Waals surface area contributed by atoms with Crippen molar-refractivity contribution >= 4 is 39.4 Å². The average Bonchev–Trinajstić information content (AvgIpc) is 2.88. The first-order valence-corrected chi connectivity index (χ1v) is 11.6. The van der Waals surface area contributed by atoms with Gasteiger partial charge in [-0.1, -0.05) is 18.2 Å². The summed E-state index contributed by atoms with van der Waals surface area (Å²) in [4.78, 5) is 26.8. The van der Waals surface area contributed by atoms with Crippen LogP contribution in [0, 0.1) is 11.7 Å². The van der Waals surface area contributed by atoms with E-state index in [1.165, 1.54) is 34.7 Å². The van der Waals surface area contributed by atoms with E-state index < -0.39 is 11.8 Å². The lowest BCUT2D eigenvalue weighted by Crippen LogP contribution is -2.46. The zero-order chi connectivity index (χ0) is 24.5. The summed E-state index contributed by atoms with van der Waals surface area (Å²) in [6.45, 7) is 0.0864. The lowest BCUT2D eigenvalue weighted by Gasteiger charge is -2.35. The van der Waals surface area contributed by atoms with Crippen molar-refractivity contribution in [1.29, 1.82) is 0 Å². The minimum atomic E-state index is -0.515. The van der Waals surface area contributed by atoms with Crippen LogP contribution in [0.2, 0.25) is 0 Å². The van der Waals surface area contributed by atoms with E-state index in [1.54, 1.807) is 30.3 Å². The molecule has 1 unspecified atom stereocenters. The molecule has 3 aliphatic rings. The molecule has 2 aliphatic heterocycles. The van der Waals surface area contributed by atoms with Crippen LogP contribution in [0.15, 0.2) is 77.5 Å². The number of halogens is 2. The molecule has 2 aromatic rings. The topological polar surface area (TPSA) is 91.3 Å². The number of aliphatic hydroxyl groups is 1. The van der Waals surface area contributed by atoms with Crippen LogP contribution in [0.5, 0.6) is 0 Å². The Morgan fingerprint density at radius 1 is 1.34 bits per heavy atom. The van der Waals surface area contributed by atoms with Crippen molar-refractivity contribution in [3.8, 4) is 0 Å². The largest absolute Gasteiger partial charge is 0.464 e. The summed E-state index contributed by atoms with van der Waals surface area (Å²) in [5.41, 5.74) is 1.57. The van der Waals surface area contributed by atoms with Gasteiger partial charge < -0.3 is 14.6 Å². The van der Waals surface area contributed by atoms with Crippen molar-refractivity contribution in [3.63, 3.8) is 0 Å². The van der Waals surface area contributed by atoms with E-state index in [2.05, 4.69) is 25.9 Å². The number of benzene rings is 1. The molecule has 0 spiro atoms. The van der Waals surface area contributed by atoms with Gasteiger partial charge in [0.05, 0.1) is 12.2 Å². The first-order chi connectivity index (χ1) is 17.0. The Kier molecular flexibility index (Phi) is 6.27. The number of ether oxygens (including phenoxy) is 2. The maximum absolute atomic E-state index is 14.6. The second kappa shape index (κ2) is 9.51. The first-order valence-electron chi connectivity index (χ1n) is 10.8. The van der Waals surface area contributed by atoms with Crippen molar-refractivity contribution < 1.29 is 23.8 Å². The van der Waals surface area contributed by atoms with Crippen LogP contribution in [0.3, 0.4) is 0 Å². The maximum Gasteiger partial charge on any atom is 0.330 e. The van der Waals surface area contributed by atoms with E-state index in [9.17, 15) is 14.3 Å². The number of rotatable bonds is 5. The first kappa shape index (κ1) is 23.1. The molecule has 1 aromatic carbocycles. The molecular weight excluding hydrogens is 521 g/mol. The van der Waals surface area contributed by atoms with Crippen LogP contribution in [0.4, 0.5) is 26.6 Å². The molecule has 1 aromatic heterocycles. The standard InChI is InChI=1S/C24H21BrFN5O4/c1-29-22-16(12-30(24(29)33)21-18(25)6-3-7-19(21)26)11-27-23(28-22)31(20-14-34-8-9-35-20)17-5-2-4-15(10-17)13-32/h2-9,11,14-15,32H,10,12-13H2,1H3. The summed E-state index contributed by atoms with van der Waals surface area (Å²) in [7, 11) is 1.58. The fraction of sp³-hybridized carbons (Fsp3) is 0.208. The highest BCUT2D eigenvalue weighted by Crippen LogP contribution is 2.37. The number of anilines is 3. The van der Waals surface area contributed by atoms with Crippen molar-refractivity contribution in [3.05, 3.63) is 88.8 Å². The summed E-state index contributed by atoms with van der Waals surface area (Å²) < 4.78 is 26.0. The van der Waals surface area contributed by atoms with E-state index in [0.717, 1.165) is 5.70 Å². The van der Waals surface area contributed by atoms with E-state index in [-0.39, 0.29) is 30.7 Å². The number of hydrogen-bond acceptors (Lipinski definition) is 7. The molecule has 0 saturated carbocycles. The minimum Gasteiger partial charge on any atom is -0.464 e. The Hall–Kier alpha value is -3.70. The fourth-order valence-corrected chi connectivity index (χ4v) is 4.63. The second-order valence-corrected chi connectivity index (χ2v) is 8.88. The van der Waals surface area contributed by atoms with Gasteiger partial charge in [0.1, 0.15) is 24.2 Å². The predicted octanol–water partition coefficient (Wildman–Crippen LogP) is 4.53. The second-order valence-electron chi connectivity index (χ2n) is 8.02. The molecule has 2 amide bonds. The van der Waals surface area contributed by atoms with Crippen LogP contribution in [-0.4, -0.2) is 34.8 Å². The Labute approximate surface area is 209 Å². The summed E-state index contributed by atoms with van der Waals surface area (Å²) in [6.07, 6.45) is 12.0. The zero-order valence-corrected chi connectivity index (χ0v) is 20.2. The number of fused-ring (bicyclic) bond motifs is 1. The van der Waals surface area contributed by atoms with Crippen molar-refractivity contribution in [2.75, 3.05) is 28.4 Å². The van der Waals surface area contributed by atoms with Gasteiger partial charge in [0, 0.05) is 41.5 Å². The van der Waals surface area contributed by atoms with E-state index >= 15 is 0 Å². The van der Waals surface area contributed by atoms with Crippen molar-refractivity contribution in [1.82, 2.24) is 9.97 Å². The lowest BCUT2D eigenvalue weighted by atomic mass is 9.98. The number of aliphatic hydroxyl groups excluding tert-OH is 1. The Morgan fingerprint density at radius 2 is 2.20 bits per heavy atom. The van der Waals surface area contributed by atoms with Gasteiger partial charge in [-0.3, -0.25) is 9.80 Å². The highest BCUT2D eigenvalue weighted by molar-refractivity contribution is 9.10. The van der Waals surface area contributed by atoms with Gasteiger partial charge in [0.25, 0.3) is 0 Å². The highest BCUT2D eigenvalue weighted by Gasteiger charge is 2.34. The molecule has 1 N–H and O–H groups in total. The lowest BCUT2D eigenvalue weighted by molar-refractivity contribution is 0.241. The van der Waals surface area contributed by atoms with Gasteiger partial charge in [0.2, 0.25) is 11.8 Å². The molecule has 0 fully saturated rings. The summed E-state index contributed by atoms with van der Waals surface area (Å²) in [5, 5.41) is 9.66. The SMILES string of the molecule is CN1C(=O)N(c2c(F)cccc2Br)Cc2cnc(N(C3=CC=CC(CO)C3)C3=COC=CO3)nc21. The fourth-order valence-electron chi connectivity index (χ4n) is 4.08. The molecule has 0 radical (unpaired) electrons. The minimum absolute atomic E-state index is 0.0122. The number of para-hydroxylation sites is 1. The molecule has 180 valence electrons. The van der Waals surface area contributed by atoms with Gasteiger partial charge in [-0.05, 0) is 40.6 Å². The van der Waals surface area contributed by atoms with Gasteiger partial charge in [0.15, 0.2) is 6.26 Å². The summed E-state index contributed by atoms with van der Waals surface area (Å²) >= 11 is 3.34. The number of aromatic nitrogens is 2. The third kappa shape index (κ3) is 4.28. The third-order valence-electron chi connectivity index (χ3n) is 5.78. The third-order valence-corrected chi connectivity index (χ3v) is 6.42. The monoisotopic (exact) mass is 541 g/mol. The summed E-state index contributed by atoms with van der Waals surface area (Å²) in [5.74, 6) is 0.387. The quantitative estimate of drug-likeness (QED) is 0.594. The van der Waals surface area contributed by atoms with Crippen LogP contribution in [0.1, 0.15) is 12.0 Å². The number of hydrogen-bond donors (Lipinski definition) is 1. The Bertz CT molecular complexity index is 1270. The number of carbonyl (C=O) groups is 1. The molecule has 0 bridgehead atoms. The van der Waals surface area contributed by atoms with E-state index in [0.29, 0.717) is 28.2 Å². The number of amides is 2. The van der Waals surface area contributed by atoms with Gasteiger partial charge in [-0.25, -0.2) is 19.1 Å². The van der Waals surface area contributed by atoms with E-state index in [1.807, 2.05) is 18.2 Å². The van der Waals surface area contributed by atoms with E-state index in [4.69, 9.17) is 9.47 Å².